The molecule has 1 aromatic rings. The van der Waals surface area contributed by atoms with E-state index in [1.54, 1.807) is 0 Å². The standard InChI is InChI=1S/C12H15NO/c1-8(2)11-5-3-9-7-10(14)4-6-12(9)13-11/h3,5,8H,4,6-7H2,1-2H3. The summed E-state index contributed by atoms with van der Waals surface area (Å²) in [5.41, 5.74) is 3.40. The summed E-state index contributed by atoms with van der Waals surface area (Å²) in [7, 11) is 0. The fraction of sp³-hybridized carbons (Fsp3) is 0.500. The maximum absolute atomic E-state index is 11.2. The first kappa shape index (κ1) is 9.38. The van der Waals surface area contributed by atoms with Gasteiger partial charge in [-0.15, -0.1) is 0 Å². The molecule has 1 aliphatic carbocycles. The SMILES string of the molecule is CC(C)c1ccc2c(n1)CCC(=O)C2. The van der Waals surface area contributed by atoms with Gasteiger partial charge in [0, 0.05) is 24.2 Å². The predicted octanol–water partition coefficient (Wildman–Crippen LogP) is 2.26. The smallest absolute Gasteiger partial charge is 0.137 e. The molecule has 1 aromatic heterocycles. The number of aryl methyl sites for hydroxylation is 1. The number of carbonyl (C=O) groups excluding carboxylic acids is 1. The van der Waals surface area contributed by atoms with E-state index in [1.165, 1.54) is 0 Å². The third-order valence-corrected chi connectivity index (χ3v) is 2.71. The number of aromatic nitrogens is 1. The van der Waals surface area contributed by atoms with Crippen LogP contribution in [0.3, 0.4) is 0 Å². The minimum Gasteiger partial charge on any atom is -0.299 e. The summed E-state index contributed by atoms with van der Waals surface area (Å²) in [5, 5.41) is 0. The lowest BCUT2D eigenvalue weighted by Gasteiger charge is -2.15. The summed E-state index contributed by atoms with van der Waals surface area (Å²) in [4.78, 5) is 15.8. The van der Waals surface area contributed by atoms with E-state index in [0.29, 0.717) is 24.5 Å². The van der Waals surface area contributed by atoms with Gasteiger partial charge in [0.1, 0.15) is 5.78 Å². The number of rotatable bonds is 1. The third-order valence-electron chi connectivity index (χ3n) is 2.71. The molecule has 2 nitrogen and oxygen atoms in total. The summed E-state index contributed by atoms with van der Waals surface area (Å²) in [6, 6.07) is 4.11. The van der Waals surface area contributed by atoms with Gasteiger partial charge < -0.3 is 0 Å². The molecule has 2 heteroatoms. The zero-order valence-electron chi connectivity index (χ0n) is 8.71. The van der Waals surface area contributed by atoms with E-state index in [0.717, 1.165) is 23.4 Å². The van der Waals surface area contributed by atoms with Crippen LogP contribution in [0.2, 0.25) is 0 Å². The van der Waals surface area contributed by atoms with E-state index >= 15 is 0 Å². The second kappa shape index (κ2) is 3.52. The molecule has 74 valence electrons. The van der Waals surface area contributed by atoms with Crippen molar-refractivity contribution in [2.24, 2.45) is 0 Å². The molecule has 0 atom stereocenters. The number of hydrogen-bond acceptors (Lipinski definition) is 2. The highest BCUT2D eigenvalue weighted by Gasteiger charge is 2.17. The van der Waals surface area contributed by atoms with Crippen LogP contribution in [0.1, 0.15) is 43.1 Å². The molecule has 0 saturated carbocycles. The number of Topliss-reactive ketones (excluding diaryl/α,β-unsaturated/α-hetero) is 1. The molecule has 0 radical (unpaired) electrons. The molecule has 1 aliphatic rings. The summed E-state index contributed by atoms with van der Waals surface area (Å²) in [6.45, 7) is 4.28. The van der Waals surface area contributed by atoms with Crippen molar-refractivity contribution in [2.45, 2.75) is 39.0 Å². The Balaban J connectivity index is 2.36. The summed E-state index contributed by atoms with van der Waals surface area (Å²) in [5.74, 6) is 0.814. The van der Waals surface area contributed by atoms with Crippen molar-refractivity contribution >= 4 is 5.78 Å². The van der Waals surface area contributed by atoms with E-state index in [1.807, 2.05) is 6.07 Å². The first-order chi connectivity index (χ1) is 6.66. The van der Waals surface area contributed by atoms with Gasteiger partial charge in [-0.2, -0.15) is 0 Å². The van der Waals surface area contributed by atoms with Crippen LogP contribution in [0.4, 0.5) is 0 Å². The van der Waals surface area contributed by atoms with Gasteiger partial charge in [0.25, 0.3) is 0 Å². The van der Waals surface area contributed by atoms with E-state index in [9.17, 15) is 4.79 Å². The molecule has 14 heavy (non-hydrogen) atoms. The summed E-state index contributed by atoms with van der Waals surface area (Å²) < 4.78 is 0. The minimum atomic E-state index is 0.344. The van der Waals surface area contributed by atoms with Crippen molar-refractivity contribution < 1.29 is 4.79 Å². The van der Waals surface area contributed by atoms with Crippen molar-refractivity contribution in [3.8, 4) is 0 Å². The third kappa shape index (κ3) is 1.69. The van der Waals surface area contributed by atoms with Crippen LogP contribution in [0.25, 0.3) is 0 Å². The highest BCUT2D eigenvalue weighted by Crippen LogP contribution is 2.20. The maximum Gasteiger partial charge on any atom is 0.137 e. The second-order valence-corrected chi connectivity index (χ2v) is 4.21. The molecular formula is C12H15NO. The van der Waals surface area contributed by atoms with Gasteiger partial charge in [0.2, 0.25) is 0 Å². The monoisotopic (exact) mass is 189 g/mol. The van der Waals surface area contributed by atoms with Crippen molar-refractivity contribution in [1.82, 2.24) is 4.98 Å². The first-order valence-corrected chi connectivity index (χ1v) is 5.17. The highest BCUT2D eigenvalue weighted by molar-refractivity contribution is 5.82. The van der Waals surface area contributed by atoms with Gasteiger partial charge in [-0.3, -0.25) is 9.78 Å². The molecule has 2 rings (SSSR count). The predicted molar refractivity (Wildman–Crippen MR) is 55.4 cm³/mol. The van der Waals surface area contributed by atoms with Crippen molar-refractivity contribution in [3.63, 3.8) is 0 Å². The lowest BCUT2D eigenvalue weighted by Crippen LogP contribution is -2.15. The molecule has 0 unspecified atom stereocenters. The minimum absolute atomic E-state index is 0.344. The number of nitrogens with zero attached hydrogens (tertiary/aromatic N) is 1. The van der Waals surface area contributed by atoms with E-state index < -0.39 is 0 Å². The fourth-order valence-electron chi connectivity index (χ4n) is 1.80. The number of ketones is 1. The van der Waals surface area contributed by atoms with Crippen molar-refractivity contribution in [3.05, 3.63) is 29.1 Å². The van der Waals surface area contributed by atoms with Crippen molar-refractivity contribution in [1.29, 1.82) is 0 Å². The molecule has 0 bridgehead atoms. The molecule has 0 aromatic carbocycles. The molecule has 1 heterocycles. The zero-order valence-corrected chi connectivity index (χ0v) is 8.71. The average Bonchev–Trinajstić information content (AvgIpc) is 2.16. The van der Waals surface area contributed by atoms with E-state index in [-0.39, 0.29) is 0 Å². The normalized spacial score (nSPS) is 15.8. The van der Waals surface area contributed by atoms with Crippen LogP contribution in [-0.2, 0) is 17.6 Å². The highest BCUT2D eigenvalue weighted by atomic mass is 16.1. The topological polar surface area (TPSA) is 30.0 Å². The largest absolute Gasteiger partial charge is 0.299 e. The van der Waals surface area contributed by atoms with Gasteiger partial charge >= 0.3 is 0 Å². The number of fused-ring (bicyclic) bond motifs is 1. The van der Waals surface area contributed by atoms with Gasteiger partial charge in [0.15, 0.2) is 0 Å². The van der Waals surface area contributed by atoms with Gasteiger partial charge in [-0.25, -0.2) is 0 Å². The quantitative estimate of drug-likeness (QED) is 0.678. The molecule has 0 spiro atoms. The molecule has 0 N–H and O–H groups in total. The van der Waals surface area contributed by atoms with E-state index in [2.05, 4.69) is 24.9 Å². The lowest BCUT2D eigenvalue weighted by atomic mass is 9.94. The first-order valence-electron chi connectivity index (χ1n) is 5.17. The Hall–Kier alpha value is -1.18. The van der Waals surface area contributed by atoms with E-state index in [4.69, 9.17) is 0 Å². The van der Waals surface area contributed by atoms with Gasteiger partial charge in [-0.1, -0.05) is 19.9 Å². The van der Waals surface area contributed by atoms with Crippen LogP contribution >= 0.6 is 0 Å². The second-order valence-electron chi connectivity index (χ2n) is 4.21. The molecule has 0 fully saturated rings. The Bertz CT molecular complexity index is 369. The molecule has 0 aliphatic heterocycles. The van der Waals surface area contributed by atoms with Crippen LogP contribution in [0.5, 0.6) is 0 Å². The Morgan fingerprint density at radius 2 is 2.07 bits per heavy atom. The Morgan fingerprint density at radius 1 is 1.29 bits per heavy atom. The number of hydrogen-bond donors (Lipinski definition) is 0. The lowest BCUT2D eigenvalue weighted by molar-refractivity contribution is -0.118. The Kier molecular flexibility index (Phi) is 2.36. The van der Waals surface area contributed by atoms with Gasteiger partial charge in [0.05, 0.1) is 0 Å². The number of carbonyl (C=O) groups is 1. The maximum atomic E-state index is 11.2. The Morgan fingerprint density at radius 3 is 2.79 bits per heavy atom. The van der Waals surface area contributed by atoms with Gasteiger partial charge in [-0.05, 0) is 24.0 Å². The Labute approximate surface area is 84.4 Å². The molecule has 0 amide bonds. The summed E-state index contributed by atoms with van der Waals surface area (Å²) >= 11 is 0. The summed E-state index contributed by atoms with van der Waals surface area (Å²) in [6.07, 6.45) is 2.08. The molecular weight excluding hydrogens is 174 g/mol. The van der Waals surface area contributed by atoms with Crippen LogP contribution in [-0.4, -0.2) is 10.8 Å². The van der Waals surface area contributed by atoms with Crippen LogP contribution in [0.15, 0.2) is 12.1 Å². The number of pyridine rings is 1. The average molecular weight is 189 g/mol. The van der Waals surface area contributed by atoms with Crippen LogP contribution in [0, 0.1) is 0 Å². The van der Waals surface area contributed by atoms with Crippen molar-refractivity contribution in [2.75, 3.05) is 0 Å². The molecule has 0 saturated heterocycles. The fourth-order valence-corrected chi connectivity index (χ4v) is 1.80. The zero-order chi connectivity index (χ0) is 10.1. The van der Waals surface area contributed by atoms with Crippen LogP contribution < -0.4 is 0 Å².